The fraction of sp³-hybridized carbons (Fsp3) is 0.360. The maximum atomic E-state index is 14.9. The highest BCUT2D eigenvalue weighted by Crippen LogP contribution is 2.46. The van der Waals surface area contributed by atoms with Gasteiger partial charge in [-0.25, -0.2) is 9.18 Å². The molecule has 32 heavy (non-hydrogen) atoms. The molecule has 2 atom stereocenters. The molecule has 4 nitrogen and oxygen atoms in total. The van der Waals surface area contributed by atoms with E-state index in [-0.39, 0.29) is 18.3 Å². The van der Waals surface area contributed by atoms with Crippen molar-refractivity contribution in [2.45, 2.75) is 38.5 Å². The monoisotopic (exact) mass is 471 g/mol. The molecule has 0 spiro atoms. The van der Waals surface area contributed by atoms with Gasteiger partial charge in [-0.1, -0.05) is 31.2 Å². The number of allylic oxidation sites excluding steroid dienone is 3. The van der Waals surface area contributed by atoms with Gasteiger partial charge in [0, 0.05) is 45.5 Å². The van der Waals surface area contributed by atoms with Crippen LogP contribution in [0.5, 0.6) is 0 Å². The number of Topliss-reactive ketones (excluding diaryl/α,β-unsaturated/α-hetero) is 1. The van der Waals surface area contributed by atoms with Crippen LogP contribution in [0, 0.1) is 5.82 Å². The number of thioether (sulfide) groups is 1. The quantitative estimate of drug-likeness (QED) is 0.424. The molecule has 168 valence electrons. The van der Waals surface area contributed by atoms with E-state index in [1.807, 2.05) is 24.4 Å². The van der Waals surface area contributed by atoms with Crippen molar-refractivity contribution in [3.05, 3.63) is 80.6 Å². The average Bonchev–Trinajstić information content (AvgIpc) is 3.31. The van der Waals surface area contributed by atoms with Crippen LogP contribution in [-0.4, -0.2) is 29.9 Å². The Kier molecular flexibility index (Phi) is 7.16. The van der Waals surface area contributed by atoms with E-state index in [1.165, 1.54) is 6.07 Å². The van der Waals surface area contributed by atoms with Gasteiger partial charge in [-0.15, -0.1) is 11.3 Å². The number of benzene rings is 1. The molecule has 0 saturated carbocycles. The van der Waals surface area contributed by atoms with Gasteiger partial charge in [-0.3, -0.25) is 4.79 Å². The number of dihydropyridines is 1. The predicted octanol–water partition coefficient (Wildman–Crippen LogP) is 5.55. The van der Waals surface area contributed by atoms with Crippen LogP contribution >= 0.6 is 23.1 Å². The molecule has 0 radical (unpaired) electrons. The summed E-state index contributed by atoms with van der Waals surface area (Å²) < 4.78 is 20.5. The molecule has 1 aromatic carbocycles. The van der Waals surface area contributed by atoms with Crippen molar-refractivity contribution in [1.29, 1.82) is 0 Å². The van der Waals surface area contributed by atoms with E-state index in [0.717, 1.165) is 16.3 Å². The Hall–Kier alpha value is -2.38. The van der Waals surface area contributed by atoms with E-state index in [4.69, 9.17) is 4.74 Å². The summed E-state index contributed by atoms with van der Waals surface area (Å²) in [5, 5.41) is 5.32. The number of hydrogen-bond acceptors (Lipinski definition) is 6. The second-order valence-electron chi connectivity index (χ2n) is 7.89. The zero-order valence-corrected chi connectivity index (χ0v) is 19.8. The molecule has 0 saturated heterocycles. The Morgan fingerprint density at radius 2 is 2.06 bits per heavy atom. The Morgan fingerprint density at radius 1 is 1.25 bits per heavy atom. The van der Waals surface area contributed by atoms with Crippen LogP contribution in [0.2, 0.25) is 0 Å². The average molecular weight is 472 g/mol. The number of nitrogens with one attached hydrogen (secondary N) is 1. The predicted molar refractivity (Wildman–Crippen MR) is 127 cm³/mol. The highest BCUT2D eigenvalue weighted by Gasteiger charge is 2.42. The maximum absolute atomic E-state index is 14.9. The fourth-order valence-electron chi connectivity index (χ4n) is 4.47. The summed E-state index contributed by atoms with van der Waals surface area (Å²) >= 11 is 3.32. The molecule has 2 heterocycles. The van der Waals surface area contributed by atoms with Crippen molar-refractivity contribution in [2.75, 3.05) is 18.1 Å². The van der Waals surface area contributed by atoms with Gasteiger partial charge in [0.05, 0.1) is 11.5 Å². The highest BCUT2D eigenvalue weighted by molar-refractivity contribution is 7.99. The van der Waals surface area contributed by atoms with Gasteiger partial charge < -0.3 is 10.1 Å². The zero-order valence-electron chi connectivity index (χ0n) is 18.2. The topological polar surface area (TPSA) is 55.4 Å². The molecule has 7 heteroatoms. The van der Waals surface area contributed by atoms with Gasteiger partial charge >= 0.3 is 5.97 Å². The third kappa shape index (κ3) is 4.55. The van der Waals surface area contributed by atoms with Crippen LogP contribution in [0.15, 0.2) is 64.3 Å². The molecule has 1 aliphatic heterocycles. The van der Waals surface area contributed by atoms with E-state index >= 15 is 0 Å². The highest BCUT2D eigenvalue weighted by atomic mass is 32.2. The van der Waals surface area contributed by atoms with Crippen molar-refractivity contribution in [3.8, 4) is 0 Å². The van der Waals surface area contributed by atoms with E-state index in [0.29, 0.717) is 41.0 Å². The van der Waals surface area contributed by atoms with Crippen LogP contribution < -0.4 is 5.32 Å². The molecule has 2 aliphatic rings. The number of carbonyl (C=O) groups excluding carboxylic acids is 2. The number of thiophene rings is 1. The van der Waals surface area contributed by atoms with Crippen molar-refractivity contribution in [2.24, 2.45) is 0 Å². The van der Waals surface area contributed by atoms with Crippen LogP contribution in [0.1, 0.15) is 49.0 Å². The fourth-order valence-corrected chi connectivity index (χ4v) is 5.79. The lowest BCUT2D eigenvalue weighted by atomic mass is 9.72. The lowest BCUT2D eigenvalue weighted by Crippen LogP contribution is -2.36. The molecule has 1 N–H and O–H groups in total. The number of ketones is 1. The SMILES string of the molecule is CCSCCOC(=O)C1=C(C)NC2=C(C(=O)C[C@H](c3cccs3)C2)[C@@H]1c1ccccc1F. The molecule has 0 unspecified atom stereocenters. The van der Waals surface area contributed by atoms with Gasteiger partial charge in [0.2, 0.25) is 0 Å². The Bertz CT molecular complexity index is 1070. The minimum absolute atomic E-state index is 0.0512. The molecule has 0 fully saturated rings. The molecule has 0 amide bonds. The molecule has 1 aromatic heterocycles. The van der Waals surface area contributed by atoms with Crippen LogP contribution in [0.25, 0.3) is 0 Å². The van der Waals surface area contributed by atoms with Gasteiger partial charge in [0.15, 0.2) is 5.78 Å². The summed E-state index contributed by atoms with van der Waals surface area (Å²) in [7, 11) is 0. The lowest BCUT2D eigenvalue weighted by Gasteiger charge is -2.36. The number of carbonyl (C=O) groups is 2. The minimum Gasteiger partial charge on any atom is -0.461 e. The summed E-state index contributed by atoms with van der Waals surface area (Å²) in [5.74, 6) is -0.0298. The maximum Gasteiger partial charge on any atom is 0.336 e. The van der Waals surface area contributed by atoms with Gasteiger partial charge in [0.1, 0.15) is 12.4 Å². The summed E-state index contributed by atoms with van der Waals surface area (Å²) in [6.07, 6.45) is 1.000. The van der Waals surface area contributed by atoms with Crippen LogP contribution in [-0.2, 0) is 14.3 Å². The number of halogens is 1. The molecular formula is C25H26FNO3S2. The van der Waals surface area contributed by atoms with Crippen molar-refractivity contribution < 1.29 is 18.7 Å². The second kappa shape index (κ2) is 10.0. The molecule has 4 rings (SSSR count). The van der Waals surface area contributed by atoms with E-state index < -0.39 is 17.7 Å². The Labute approximate surface area is 195 Å². The molecule has 2 aromatic rings. The van der Waals surface area contributed by atoms with E-state index in [9.17, 15) is 14.0 Å². The lowest BCUT2D eigenvalue weighted by molar-refractivity contribution is -0.138. The van der Waals surface area contributed by atoms with E-state index in [1.54, 1.807) is 48.2 Å². The van der Waals surface area contributed by atoms with Gasteiger partial charge in [0.25, 0.3) is 0 Å². The number of hydrogen-bond donors (Lipinski definition) is 1. The number of ether oxygens (including phenoxy) is 1. The standard InChI is InChI=1S/C25H26FNO3S2/c1-3-31-12-10-30-25(29)22-15(2)27-19-13-16(21-9-6-11-32-21)14-20(28)24(19)23(22)17-7-4-5-8-18(17)26/h4-9,11,16,23,27H,3,10,12-14H2,1-2H3/t16-,23-/m1/s1. The van der Waals surface area contributed by atoms with Gasteiger partial charge in [-0.05, 0) is 36.6 Å². The van der Waals surface area contributed by atoms with Crippen molar-refractivity contribution in [1.82, 2.24) is 5.32 Å². The normalized spacial score (nSPS) is 20.8. The summed E-state index contributed by atoms with van der Waals surface area (Å²) in [6, 6.07) is 10.4. The molecule has 1 aliphatic carbocycles. The zero-order chi connectivity index (χ0) is 22.7. The minimum atomic E-state index is -0.768. The third-order valence-corrected chi connectivity index (χ3v) is 7.77. The summed E-state index contributed by atoms with van der Waals surface area (Å²) in [4.78, 5) is 27.7. The second-order valence-corrected chi connectivity index (χ2v) is 10.3. The number of rotatable bonds is 7. The third-order valence-electron chi connectivity index (χ3n) is 5.87. The Balaban J connectivity index is 1.73. The van der Waals surface area contributed by atoms with E-state index in [2.05, 4.69) is 5.32 Å². The summed E-state index contributed by atoms with van der Waals surface area (Å²) in [5.41, 5.74) is 2.54. The first-order valence-electron chi connectivity index (χ1n) is 10.8. The molecular weight excluding hydrogens is 445 g/mol. The van der Waals surface area contributed by atoms with Crippen molar-refractivity contribution in [3.63, 3.8) is 0 Å². The molecule has 0 bridgehead atoms. The number of esters is 1. The first kappa shape index (κ1) is 22.8. The van der Waals surface area contributed by atoms with Crippen LogP contribution in [0.4, 0.5) is 4.39 Å². The first-order valence-corrected chi connectivity index (χ1v) is 12.8. The largest absolute Gasteiger partial charge is 0.461 e. The van der Waals surface area contributed by atoms with Crippen molar-refractivity contribution >= 4 is 34.9 Å². The Morgan fingerprint density at radius 3 is 2.78 bits per heavy atom. The van der Waals surface area contributed by atoms with Gasteiger partial charge in [-0.2, -0.15) is 11.8 Å². The van der Waals surface area contributed by atoms with Crippen LogP contribution in [0.3, 0.4) is 0 Å². The first-order chi connectivity index (χ1) is 15.5. The summed E-state index contributed by atoms with van der Waals surface area (Å²) in [6.45, 7) is 4.12. The smallest absolute Gasteiger partial charge is 0.336 e.